The number of pyridine rings is 1. The summed E-state index contributed by atoms with van der Waals surface area (Å²) < 4.78 is 48.1. The van der Waals surface area contributed by atoms with Gasteiger partial charge in [-0.3, -0.25) is 9.78 Å². The van der Waals surface area contributed by atoms with Crippen LogP contribution in [0.5, 0.6) is 5.75 Å². The van der Waals surface area contributed by atoms with Crippen molar-refractivity contribution in [2.45, 2.75) is 36.8 Å². The molecule has 1 fully saturated rings. The van der Waals surface area contributed by atoms with Crippen LogP contribution in [0.4, 0.5) is 13.2 Å². The molecule has 2 aromatic carbocycles. The van der Waals surface area contributed by atoms with Crippen molar-refractivity contribution in [1.29, 1.82) is 0 Å². The lowest BCUT2D eigenvalue weighted by atomic mass is 9.79. The summed E-state index contributed by atoms with van der Waals surface area (Å²) in [6.45, 7) is 1.99. The number of hydrogen-bond acceptors (Lipinski definition) is 5. The highest BCUT2D eigenvalue weighted by atomic mass is 32.2. The Morgan fingerprint density at radius 2 is 2.08 bits per heavy atom. The second kappa shape index (κ2) is 12.6. The molecule has 1 aliphatic rings. The lowest BCUT2D eigenvalue weighted by Gasteiger charge is -2.38. The van der Waals surface area contributed by atoms with E-state index in [0.717, 1.165) is 24.4 Å². The fraction of sp³-hybridized carbons (Fsp3) is 0.429. The minimum absolute atomic E-state index is 0.0270. The highest BCUT2D eigenvalue weighted by molar-refractivity contribution is 7.99. The molecule has 3 atom stereocenters. The van der Waals surface area contributed by atoms with Gasteiger partial charge in [0.15, 0.2) is 11.6 Å². The number of benzene rings is 2. The summed E-state index contributed by atoms with van der Waals surface area (Å²) in [5.41, 5.74) is 1.27. The summed E-state index contributed by atoms with van der Waals surface area (Å²) in [6.07, 6.45) is 2.10. The maximum Gasteiger partial charge on any atom is 0.303 e. The van der Waals surface area contributed by atoms with Crippen LogP contribution in [-0.2, 0) is 4.79 Å². The zero-order valence-electron chi connectivity index (χ0n) is 20.7. The molecule has 0 unspecified atom stereocenters. The number of likely N-dealkylation sites (tertiary alicyclic amines) is 1. The van der Waals surface area contributed by atoms with Crippen LogP contribution in [0, 0.1) is 23.5 Å². The fourth-order valence-electron chi connectivity index (χ4n) is 5.14. The number of methoxy groups -OCH3 is 1. The standard InChI is InChI=1S/C28H31F3N2O3S/c1-36-20-6-8-25-22(16-20)21(9-11-32-25)23(29)7-5-18-10-12-33(17-19(18)15-27(34)35)13-14-37-26-4-2-3-24(30)28(26)31/h2-4,6,8-9,11,16,18-19,23H,5,7,10,12-15,17H2,1H3,(H,34,35)/t18-,19+,23+/m1/s1. The van der Waals surface area contributed by atoms with E-state index in [-0.39, 0.29) is 23.2 Å². The number of halogens is 3. The van der Waals surface area contributed by atoms with Crippen molar-refractivity contribution in [3.63, 3.8) is 0 Å². The van der Waals surface area contributed by atoms with Crippen LogP contribution in [0.3, 0.4) is 0 Å². The minimum atomic E-state index is -1.20. The molecule has 198 valence electrons. The zero-order chi connectivity index (χ0) is 26.4. The van der Waals surface area contributed by atoms with Gasteiger partial charge in [0.1, 0.15) is 11.9 Å². The van der Waals surface area contributed by atoms with Crippen molar-refractivity contribution >= 4 is 28.6 Å². The molecule has 1 saturated heterocycles. The second-order valence-corrected chi connectivity index (χ2v) is 10.6. The number of ether oxygens (including phenoxy) is 1. The first-order valence-corrected chi connectivity index (χ1v) is 13.4. The molecule has 0 amide bonds. The molecule has 0 radical (unpaired) electrons. The Bertz CT molecular complexity index is 1230. The van der Waals surface area contributed by atoms with E-state index in [9.17, 15) is 18.7 Å². The summed E-state index contributed by atoms with van der Waals surface area (Å²) >= 11 is 1.25. The zero-order valence-corrected chi connectivity index (χ0v) is 21.5. The first-order valence-electron chi connectivity index (χ1n) is 12.4. The van der Waals surface area contributed by atoms with Crippen LogP contribution in [0.1, 0.15) is 37.4 Å². The molecule has 0 aliphatic carbocycles. The molecule has 1 N–H and O–H groups in total. The molecule has 3 aromatic rings. The fourth-order valence-corrected chi connectivity index (χ4v) is 6.11. The highest BCUT2D eigenvalue weighted by Crippen LogP contribution is 2.36. The molecule has 0 saturated carbocycles. The average molecular weight is 533 g/mol. The van der Waals surface area contributed by atoms with E-state index < -0.39 is 23.8 Å². The van der Waals surface area contributed by atoms with Gasteiger partial charge in [-0.25, -0.2) is 13.2 Å². The Labute approximate surface area is 219 Å². The average Bonchev–Trinajstić information content (AvgIpc) is 2.89. The maximum atomic E-state index is 15.5. The summed E-state index contributed by atoms with van der Waals surface area (Å²) in [4.78, 5) is 18.3. The number of aromatic nitrogens is 1. The van der Waals surface area contributed by atoms with E-state index in [4.69, 9.17) is 4.74 Å². The number of aliphatic carboxylic acids is 1. The van der Waals surface area contributed by atoms with E-state index in [1.54, 1.807) is 37.6 Å². The molecular weight excluding hydrogens is 501 g/mol. The third-order valence-corrected chi connectivity index (χ3v) is 8.12. The van der Waals surface area contributed by atoms with Crippen LogP contribution in [0.25, 0.3) is 10.9 Å². The number of carbonyl (C=O) groups is 1. The number of alkyl halides is 1. The number of carboxylic acids is 1. The van der Waals surface area contributed by atoms with Crippen molar-refractivity contribution < 1.29 is 27.8 Å². The molecule has 1 aromatic heterocycles. The van der Waals surface area contributed by atoms with Gasteiger partial charge in [-0.15, -0.1) is 11.8 Å². The van der Waals surface area contributed by atoms with E-state index in [1.165, 1.54) is 17.8 Å². The minimum Gasteiger partial charge on any atom is -0.497 e. The molecule has 9 heteroatoms. The van der Waals surface area contributed by atoms with Gasteiger partial charge < -0.3 is 14.7 Å². The first-order chi connectivity index (χ1) is 17.9. The van der Waals surface area contributed by atoms with Gasteiger partial charge in [0.2, 0.25) is 0 Å². The topological polar surface area (TPSA) is 62.7 Å². The van der Waals surface area contributed by atoms with Crippen LogP contribution in [0.2, 0.25) is 0 Å². The third kappa shape index (κ3) is 6.96. The van der Waals surface area contributed by atoms with Crippen molar-refractivity contribution in [3.05, 3.63) is 65.9 Å². The molecule has 2 heterocycles. The van der Waals surface area contributed by atoms with Crippen molar-refractivity contribution in [1.82, 2.24) is 9.88 Å². The number of rotatable bonds is 11. The molecule has 37 heavy (non-hydrogen) atoms. The predicted molar refractivity (Wildman–Crippen MR) is 139 cm³/mol. The summed E-state index contributed by atoms with van der Waals surface area (Å²) in [5.74, 6) is -1.35. The monoisotopic (exact) mass is 532 g/mol. The van der Waals surface area contributed by atoms with E-state index in [1.807, 2.05) is 6.07 Å². The van der Waals surface area contributed by atoms with Crippen LogP contribution < -0.4 is 4.74 Å². The van der Waals surface area contributed by atoms with Crippen molar-refractivity contribution in [2.24, 2.45) is 11.8 Å². The van der Waals surface area contributed by atoms with Crippen LogP contribution >= 0.6 is 11.8 Å². The smallest absolute Gasteiger partial charge is 0.303 e. The second-order valence-electron chi connectivity index (χ2n) is 9.44. The normalized spacial score (nSPS) is 19.1. The van der Waals surface area contributed by atoms with Crippen LogP contribution in [0.15, 0.2) is 53.6 Å². The van der Waals surface area contributed by atoms with Crippen molar-refractivity contribution in [3.8, 4) is 5.75 Å². The van der Waals surface area contributed by atoms with E-state index >= 15 is 4.39 Å². The van der Waals surface area contributed by atoms with Gasteiger partial charge in [0.25, 0.3) is 0 Å². The Morgan fingerprint density at radius 1 is 1.24 bits per heavy atom. The van der Waals surface area contributed by atoms with Gasteiger partial charge in [-0.1, -0.05) is 6.07 Å². The van der Waals surface area contributed by atoms with Gasteiger partial charge in [-0.05, 0) is 79.6 Å². The number of hydrogen-bond donors (Lipinski definition) is 1. The lowest BCUT2D eigenvalue weighted by molar-refractivity contribution is -0.139. The number of fused-ring (bicyclic) bond motifs is 1. The quantitative estimate of drug-likeness (QED) is 0.284. The van der Waals surface area contributed by atoms with Gasteiger partial charge in [0.05, 0.1) is 12.6 Å². The molecule has 0 bridgehead atoms. The summed E-state index contributed by atoms with van der Waals surface area (Å²) in [6, 6.07) is 11.2. The largest absolute Gasteiger partial charge is 0.497 e. The Hall–Kier alpha value is -2.78. The lowest BCUT2D eigenvalue weighted by Crippen LogP contribution is -2.42. The van der Waals surface area contributed by atoms with E-state index in [0.29, 0.717) is 48.5 Å². The van der Waals surface area contributed by atoms with Gasteiger partial charge in [0, 0.05) is 41.7 Å². The predicted octanol–water partition coefficient (Wildman–Crippen LogP) is 6.52. The SMILES string of the molecule is COc1ccc2nccc([C@@H](F)CC[C@@H]3CCN(CCSc4cccc(F)c4F)C[C@@H]3CC(=O)O)c2c1. The Morgan fingerprint density at radius 3 is 2.86 bits per heavy atom. The van der Waals surface area contributed by atoms with E-state index in [2.05, 4.69) is 9.88 Å². The molecule has 5 nitrogen and oxygen atoms in total. The van der Waals surface area contributed by atoms with Gasteiger partial charge >= 0.3 is 5.97 Å². The Kier molecular flexibility index (Phi) is 9.32. The van der Waals surface area contributed by atoms with Gasteiger partial charge in [-0.2, -0.15) is 0 Å². The van der Waals surface area contributed by atoms with Crippen LogP contribution in [-0.4, -0.2) is 53.5 Å². The maximum absolute atomic E-state index is 15.5. The third-order valence-electron chi connectivity index (χ3n) is 7.10. The number of thioether (sulfide) groups is 1. The molecule has 4 rings (SSSR count). The molecular formula is C28H31F3N2O3S. The molecule has 1 aliphatic heterocycles. The highest BCUT2D eigenvalue weighted by Gasteiger charge is 2.31. The molecule has 0 spiro atoms. The number of nitrogens with zero attached hydrogens (tertiary/aromatic N) is 2. The van der Waals surface area contributed by atoms with Crippen molar-refractivity contribution in [2.75, 3.05) is 32.5 Å². The Balaban J connectivity index is 1.35. The summed E-state index contributed by atoms with van der Waals surface area (Å²) in [5, 5.41) is 10.2. The first kappa shape index (κ1) is 27.3. The number of carboxylic acid groups (broad SMARTS) is 1. The summed E-state index contributed by atoms with van der Waals surface area (Å²) in [7, 11) is 1.57. The number of piperidine rings is 1.